The van der Waals surface area contributed by atoms with E-state index in [0.29, 0.717) is 5.92 Å². The van der Waals surface area contributed by atoms with E-state index >= 15 is 0 Å². The molecule has 5 rings (SSSR count). The van der Waals surface area contributed by atoms with Crippen molar-refractivity contribution in [1.29, 1.82) is 0 Å². The summed E-state index contributed by atoms with van der Waals surface area (Å²) < 4.78 is 0. The Labute approximate surface area is 153 Å². The quantitative estimate of drug-likeness (QED) is 0.484. The maximum absolute atomic E-state index is 5.00. The fraction of sp³-hybridized carbons (Fsp3) is 0.0833. The van der Waals surface area contributed by atoms with Crippen LogP contribution >= 0.6 is 0 Å². The van der Waals surface area contributed by atoms with Gasteiger partial charge < -0.3 is 0 Å². The number of hydrogen-bond donors (Lipinski definition) is 0. The van der Waals surface area contributed by atoms with E-state index in [9.17, 15) is 0 Å². The first-order valence-electron chi connectivity index (χ1n) is 8.96. The Kier molecular flexibility index (Phi) is 3.60. The lowest BCUT2D eigenvalue weighted by molar-refractivity contribution is 0.764. The molecule has 1 atom stereocenters. The van der Waals surface area contributed by atoms with Gasteiger partial charge in [0, 0.05) is 23.5 Å². The average molecular weight is 334 g/mol. The molecule has 0 saturated heterocycles. The first kappa shape index (κ1) is 15.0. The van der Waals surface area contributed by atoms with Gasteiger partial charge in [0.05, 0.1) is 23.3 Å². The number of hydrogen-bond acceptors (Lipinski definition) is 2. The molecule has 3 aromatic carbocycles. The number of rotatable bonds is 2. The van der Waals surface area contributed by atoms with Crippen LogP contribution in [0.3, 0.4) is 0 Å². The lowest BCUT2D eigenvalue weighted by Crippen LogP contribution is -2.15. The topological polar surface area (TPSA) is 25.8 Å². The van der Waals surface area contributed by atoms with Gasteiger partial charge in [0.15, 0.2) is 0 Å². The Morgan fingerprint density at radius 2 is 1.42 bits per heavy atom. The molecule has 2 nitrogen and oxygen atoms in total. The summed E-state index contributed by atoms with van der Waals surface area (Å²) in [5.74, 6) is 0.320. The van der Waals surface area contributed by atoms with Gasteiger partial charge in [-0.3, -0.25) is 4.98 Å². The molecule has 1 aliphatic carbocycles. The molecule has 0 bridgehead atoms. The van der Waals surface area contributed by atoms with Crippen LogP contribution in [0.4, 0.5) is 0 Å². The third-order valence-corrected chi connectivity index (χ3v) is 5.10. The van der Waals surface area contributed by atoms with E-state index in [1.807, 2.05) is 24.4 Å². The van der Waals surface area contributed by atoms with Gasteiger partial charge in [-0.25, -0.2) is 4.98 Å². The van der Waals surface area contributed by atoms with Crippen molar-refractivity contribution in [2.75, 3.05) is 0 Å². The minimum atomic E-state index is 0.320. The number of nitrogens with zero attached hydrogens (tertiary/aromatic N) is 2. The van der Waals surface area contributed by atoms with Crippen molar-refractivity contribution in [1.82, 2.24) is 9.97 Å². The number of aromatic nitrogens is 2. The highest BCUT2D eigenvalue weighted by atomic mass is 14.8. The molecular weight excluding hydrogens is 316 g/mol. The second kappa shape index (κ2) is 6.23. The predicted molar refractivity (Wildman–Crippen MR) is 105 cm³/mol. The lowest BCUT2D eigenvalue weighted by Gasteiger charge is -2.27. The minimum absolute atomic E-state index is 0.320. The molecule has 0 radical (unpaired) electrons. The molecule has 1 aromatic heterocycles. The molecular formula is C24H18N2. The van der Waals surface area contributed by atoms with Crippen molar-refractivity contribution >= 4 is 0 Å². The van der Waals surface area contributed by atoms with Gasteiger partial charge in [0.25, 0.3) is 0 Å². The van der Waals surface area contributed by atoms with Gasteiger partial charge in [-0.15, -0.1) is 0 Å². The van der Waals surface area contributed by atoms with Crippen LogP contribution in [0.25, 0.3) is 22.5 Å². The number of fused-ring (bicyclic) bond motifs is 3. The van der Waals surface area contributed by atoms with Gasteiger partial charge in [0.2, 0.25) is 0 Å². The fourth-order valence-corrected chi connectivity index (χ4v) is 3.85. The first-order chi connectivity index (χ1) is 12.9. The molecule has 0 spiro atoms. The van der Waals surface area contributed by atoms with Crippen molar-refractivity contribution in [2.24, 2.45) is 0 Å². The maximum Gasteiger partial charge on any atom is 0.0921 e. The molecule has 1 unspecified atom stereocenters. The molecule has 0 amide bonds. The van der Waals surface area contributed by atoms with E-state index in [0.717, 1.165) is 29.1 Å². The van der Waals surface area contributed by atoms with Crippen LogP contribution in [0.15, 0.2) is 91.1 Å². The fourth-order valence-electron chi connectivity index (χ4n) is 3.85. The van der Waals surface area contributed by atoms with Gasteiger partial charge in [-0.05, 0) is 11.1 Å². The lowest BCUT2D eigenvalue weighted by atomic mass is 9.79. The van der Waals surface area contributed by atoms with E-state index in [4.69, 9.17) is 9.97 Å². The van der Waals surface area contributed by atoms with Crippen LogP contribution in [0.2, 0.25) is 0 Å². The van der Waals surface area contributed by atoms with Crippen LogP contribution < -0.4 is 0 Å². The van der Waals surface area contributed by atoms with Crippen LogP contribution in [-0.4, -0.2) is 9.97 Å². The predicted octanol–water partition coefficient (Wildman–Crippen LogP) is 5.50. The van der Waals surface area contributed by atoms with Crippen LogP contribution in [0.5, 0.6) is 0 Å². The maximum atomic E-state index is 5.00. The smallest absolute Gasteiger partial charge is 0.0921 e. The first-order valence-corrected chi connectivity index (χ1v) is 8.96. The van der Waals surface area contributed by atoms with Crippen LogP contribution in [-0.2, 0) is 6.42 Å². The highest BCUT2D eigenvalue weighted by Crippen LogP contribution is 2.41. The highest BCUT2D eigenvalue weighted by molar-refractivity contribution is 5.72. The third-order valence-electron chi connectivity index (χ3n) is 5.10. The second-order valence-electron chi connectivity index (χ2n) is 6.67. The van der Waals surface area contributed by atoms with Gasteiger partial charge in [0.1, 0.15) is 0 Å². The van der Waals surface area contributed by atoms with Crippen LogP contribution in [0, 0.1) is 0 Å². The Morgan fingerprint density at radius 1 is 0.731 bits per heavy atom. The third kappa shape index (κ3) is 2.51. The van der Waals surface area contributed by atoms with E-state index in [1.54, 1.807) is 0 Å². The largest absolute Gasteiger partial charge is 0.252 e. The zero-order valence-electron chi connectivity index (χ0n) is 14.3. The van der Waals surface area contributed by atoms with E-state index in [2.05, 4.69) is 66.7 Å². The Balaban J connectivity index is 1.67. The van der Waals surface area contributed by atoms with E-state index in [-0.39, 0.29) is 0 Å². The summed E-state index contributed by atoms with van der Waals surface area (Å²) in [6.45, 7) is 0. The summed E-state index contributed by atoms with van der Waals surface area (Å²) in [6.07, 6.45) is 2.78. The second-order valence-corrected chi connectivity index (χ2v) is 6.67. The van der Waals surface area contributed by atoms with E-state index in [1.165, 1.54) is 16.7 Å². The molecule has 0 saturated carbocycles. The summed E-state index contributed by atoms with van der Waals surface area (Å²) in [4.78, 5) is 9.80. The molecule has 124 valence electrons. The summed E-state index contributed by atoms with van der Waals surface area (Å²) in [6, 6.07) is 29.6. The molecule has 1 aliphatic rings. The average Bonchev–Trinajstić information content (AvgIpc) is 2.74. The monoisotopic (exact) mass is 334 g/mol. The molecule has 2 heteroatoms. The molecule has 26 heavy (non-hydrogen) atoms. The standard InChI is InChI=1S/C24H18N2/c1-3-9-17(10-4-1)21-15-22-24(20-14-8-7-13-19(20)21)25-16-23(26-22)18-11-5-2-6-12-18/h1-14,16,21H,15H2. The molecule has 1 heterocycles. The van der Waals surface area contributed by atoms with Gasteiger partial charge in [-0.1, -0.05) is 84.9 Å². The zero-order chi connectivity index (χ0) is 17.3. The molecule has 0 aliphatic heterocycles. The SMILES string of the molecule is c1ccc(-c2cnc3c(n2)CC(c2ccccc2)c2ccccc2-3)cc1. The highest BCUT2D eigenvalue weighted by Gasteiger charge is 2.27. The Bertz CT molecular complexity index is 1060. The molecule has 0 N–H and O–H groups in total. The zero-order valence-corrected chi connectivity index (χ0v) is 14.3. The summed E-state index contributed by atoms with van der Waals surface area (Å²) in [7, 11) is 0. The molecule has 4 aromatic rings. The summed E-state index contributed by atoms with van der Waals surface area (Å²) in [5, 5.41) is 0. The Morgan fingerprint density at radius 3 is 2.23 bits per heavy atom. The van der Waals surface area contributed by atoms with Crippen molar-refractivity contribution < 1.29 is 0 Å². The minimum Gasteiger partial charge on any atom is -0.252 e. The van der Waals surface area contributed by atoms with Crippen molar-refractivity contribution in [3.63, 3.8) is 0 Å². The van der Waals surface area contributed by atoms with Gasteiger partial charge >= 0.3 is 0 Å². The Hall–Kier alpha value is -3.26. The summed E-state index contributed by atoms with van der Waals surface area (Å²) >= 11 is 0. The van der Waals surface area contributed by atoms with Crippen molar-refractivity contribution in [3.05, 3.63) is 108 Å². The van der Waals surface area contributed by atoms with Crippen LogP contribution in [0.1, 0.15) is 22.7 Å². The van der Waals surface area contributed by atoms with Gasteiger partial charge in [-0.2, -0.15) is 0 Å². The normalized spacial score (nSPS) is 15.2. The number of benzene rings is 3. The summed E-state index contributed by atoms with van der Waals surface area (Å²) in [5.41, 5.74) is 8.03. The van der Waals surface area contributed by atoms with Crippen molar-refractivity contribution in [2.45, 2.75) is 12.3 Å². The van der Waals surface area contributed by atoms with Crippen molar-refractivity contribution in [3.8, 4) is 22.5 Å². The van der Waals surface area contributed by atoms with E-state index < -0.39 is 0 Å². The molecule has 0 fully saturated rings.